The minimum Gasteiger partial charge on any atom is -0.496 e. The Labute approximate surface area is 184 Å². The molecule has 1 unspecified atom stereocenters. The van der Waals surface area contributed by atoms with Crippen molar-refractivity contribution in [3.63, 3.8) is 0 Å². The Morgan fingerprint density at radius 1 is 1.03 bits per heavy atom. The van der Waals surface area contributed by atoms with Gasteiger partial charge in [-0.05, 0) is 56.3 Å². The first-order valence-corrected chi connectivity index (χ1v) is 11.0. The van der Waals surface area contributed by atoms with Crippen LogP contribution in [0.15, 0.2) is 48.5 Å². The van der Waals surface area contributed by atoms with Crippen LogP contribution in [-0.4, -0.2) is 49.9 Å². The van der Waals surface area contributed by atoms with Crippen molar-refractivity contribution in [1.82, 2.24) is 10.2 Å². The number of hydrogen-bond acceptors (Lipinski definition) is 5. The maximum absolute atomic E-state index is 12.5. The predicted molar refractivity (Wildman–Crippen MR) is 121 cm³/mol. The zero-order chi connectivity index (χ0) is 22.1. The number of rotatable bonds is 10. The van der Waals surface area contributed by atoms with Gasteiger partial charge in [0, 0.05) is 24.1 Å². The minimum atomic E-state index is -0.175. The van der Waals surface area contributed by atoms with Crippen LogP contribution in [0, 0.1) is 0 Å². The smallest absolute Gasteiger partial charge is 0.258 e. The fourth-order valence-corrected chi connectivity index (χ4v) is 3.96. The molecule has 1 amide bonds. The van der Waals surface area contributed by atoms with E-state index in [0.29, 0.717) is 24.3 Å². The number of benzene rings is 2. The van der Waals surface area contributed by atoms with E-state index in [1.54, 1.807) is 31.4 Å². The molecule has 1 atom stereocenters. The number of methoxy groups -OCH3 is 1. The molecule has 1 aliphatic heterocycles. The van der Waals surface area contributed by atoms with Gasteiger partial charge in [-0.3, -0.25) is 14.5 Å². The van der Waals surface area contributed by atoms with E-state index in [9.17, 15) is 9.59 Å². The lowest BCUT2D eigenvalue weighted by molar-refractivity contribution is -0.123. The van der Waals surface area contributed by atoms with Crippen molar-refractivity contribution in [2.24, 2.45) is 0 Å². The SMILES string of the molecule is CCC(=O)c1ccc(OCC(=O)NCC(c2ccccc2OC)N2CCCCC2)cc1. The Bertz CT molecular complexity index is 860. The molecule has 0 bridgehead atoms. The number of hydrogen-bond donors (Lipinski definition) is 1. The second kappa shape index (κ2) is 11.5. The number of ketones is 1. The monoisotopic (exact) mass is 424 g/mol. The van der Waals surface area contributed by atoms with Gasteiger partial charge in [0.2, 0.25) is 0 Å². The Morgan fingerprint density at radius 2 is 1.74 bits per heavy atom. The lowest BCUT2D eigenvalue weighted by Crippen LogP contribution is -2.41. The second-order valence-electron chi connectivity index (χ2n) is 7.75. The fourth-order valence-electron chi connectivity index (χ4n) is 3.96. The lowest BCUT2D eigenvalue weighted by Gasteiger charge is -2.35. The number of nitrogens with zero attached hydrogens (tertiary/aromatic N) is 1. The summed E-state index contributed by atoms with van der Waals surface area (Å²) in [5.41, 5.74) is 1.74. The highest BCUT2D eigenvalue weighted by Gasteiger charge is 2.25. The summed E-state index contributed by atoms with van der Waals surface area (Å²) in [5, 5.41) is 3.02. The second-order valence-corrected chi connectivity index (χ2v) is 7.75. The van der Waals surface area contributed by atoms with Gasteiger partial charge in [0.1, 0.15) is 11.5 Å². The highest BCUT2D eigenvalue weighted by molar-refractivity contribution is 5.95. The quantitative estimate of drug-likeness (QED) is 0.584. The molecule has 1 aliphatic rings. The number of piperidine rings is 1. The van der Waals surface area contributed by atoms with Crippen molar-refractivity contribution in [1.29, 1.82) is 0 Å². The van der Waals surface area contributed by atoms with Crippen LogP contribution in [0.5, 0.6) is 11.5 Å². The summed E-state index contributed by atoms with van der Waals surface area (Å²) in [7, 11) is 1.68. The molecule has 0 radical (unpaired) electrons. The Morgan fingerprint density at radius 3 is 2.42 bits per heavy atom. The van der Waals surface area contributed by atoms with Gasteiger partial charge in [-0.25, -0.2) is 0 Å². The number of Topliss-reactive ketones (excluding diaryl/α,β-unsaturated/α-hetero) is 1. The molecule has 1 N–H and O–H groups in total. The third-order valence-corrected chi connectivity index (χ3v) is 5.69. The first-order chi connectivity index (χ1) is 15.1. The van der Waals surface area contributed by atoms with Crippen molar-refractivity contribution in [2.45, 2.75) is 38.6 Å². The van der Waals surface area contributed by atoms with Crippen LogP contribution in [0.2, 0.25) is 0 Å². The molecule has 0 aliphatic carbocycles. The number of likely N-dealkylation sites (tertiary alicyclic amines) is 1. The van der Waals surface area contributed by atoms with Crippen molar-refractivity contribution in [3.05, 3.63) is 59.7 Å². The molecule has 3 rings (SSSR count). The van der Waals surface area contributed by atoms with Gasteiger partial charge >= 0.3 is 0 Å². The largest absolute Gasteiger partial charge is 0.496 e. The lowest BCUT2D eigenvalue weighted by atomic mass is 10.0. The molecule has 2 aromatic carbocycles. The van der Waals surface area contributed by atoms with Crippen LogP contribution in [0.4, 0.5) is 0 Å². The van der Waals surface area contributed by atoms with Crippen molar-refractivity contribution in [3.8, 4) is 11.5 Å². The summed E-state index contributed by atoms with van der Waals surface area (Å²) in [6, 6.07) is 15.0. The molecule has 2 aromatic rings. The van der Waals surface area contributed by atoms with E-state index in [2.05, 4.69) is 16.3 Å². The molecule has 1 heterocycles. The van der Waals surface area contributed by atoms with E-state index in [4.69, 9.17) is 9.47 Å². The van der Waals surface area contributed by atoms with Crippen molar-refractivity contribution in [2.75, 3.05) is 33.4 Å². The van der Waals surface area contributed by atoms with E-state index in [-0.39, 0.29) is 24.3 Å². The summed E-state index contributed by atoms with van der Waals surface area (Å²) < 4.78 is 11.2. The van der Waals surface area contributed by atoms with Crippen molar-refractivity contribution < 1.29 is 19.1 Å². The molecule has 6 nitrogen and oxygen atoms in total. The van der Waals surface area contributed by atoms with Gasteiger partial charge in [0.15, 0.2) is 12.4 Å². The third kappa shape index (κ3) is 6.31. The summed E-state index contributed by atoms with van der Waals surface area (Å²) >= 11 is 0. The van der Waals surface area contributed by atoms with Gasteiger partial charge < -0.3 is 14.8 Å². The number of nitrogens with one attached hydrogen (secondary N) is 1. The maximum atomic E-state index is 12.5. The average molecular weight is 425 g/mol. The summed E-state index contributed by atoms with van der Waals surface area (Å²) in [5.74, 6) is 1.32. The normalized spacial score (nSPS) is 15.2. The molecule has 0 spiro atoms. The summed E-state index contributed by atoms with van der Waals surface area (Å²) in [6.07, 6.45) is 4.05. The average Bonchev–Trinajstić information content (AvgIpc) is 2.83. The highest BCUT2D eigenvalue weighted by atomic mass is 16.5. The van der Waals surface area contributed by atoms with E-state index < -0.39 is 0 Å². The number of ether oxygens (including phenoxy) is 2. The predicted octanol–water partition coefficient (Wildman–Crippen LogP) is 4.01. The Balaban J connectivity index is 1.59. The summed E-state index contributed by atoms with van der Waals surface area (Å²) in [6.45, 7) is 4.28. The number of carbonyl (C=O) groups is 2. The van der Waals surface area contributed by atoms with Gasteiger partial charge in [-0.2, -0.15) is 0 Å². The summed E-state index contributed by atoms with van der Waals surface area (Å²) in [4.78, 5) is 26.6. The van der Waals surface area contributed by atoms with Gasteiger partial charge in [-0.15, -0.1) is 0 Å². The van der Waals surface area contributed by atoms with Gasteiger partial charge in [0.05, 0.1) is 13.2 Å². The molecule has 0 aromatic heterocycles. The van der Waals surface area contributed by atoms with Gasteiger partial charge in [-0.1, -0.05) is 31.5 Å². The first kappa shape index (κ1) is 22.8. The van der Waals surface area contributed by atoms with E-state index in [1.165, 1.54) is 19.3 Å². The molecule has 166 valence electrons. The van der Waals surface area contributed by atoms with Crippen LogP contribution in [0.3, 0.4) is 0 Å². The molecule has 31 heavy (non-hydrogen) atoms. The van der Waals surface area contributed by atoms with E-state index in [1.807, 2.05) is 25.1 Å². The van der Waals surface area contributed by atoms with Gasteiger partial charge in [0.25, 0.3) is 5.91 Å². The minimum absolute atomic E-state index is 0.0553. The Kier molecular flexibility index (Phi) is 8.47. The molecule has 0 saturated carbocycles. The fraction of sp³-hybridized carbons (Fsp3) is 0.440. The molecule has 1 saturated heterocycles. The zero-order valence-electron chi connectivity index (χ0n) is 18.4. The first-order valence-electron chi connectivity index (χ1n) is 11.0. The van der Waals surface area contributed by atoms with Crippen LogP contribution in [0.25, 0.3) is 0 Å². The number of amides is 1. The van der Waals surface area contributed by atoms with E-state index >= 15 is 0 Å². The highest BCUT2D eigenvalue weighted by Crippen LogP contribution is 2.30. The Hall–Kier alpha value is -2.86. The number of carbonyl (C=O) groups excluding carboxylic acids is 2. The molecular formula is C25H32N2O4. The van der Waals surface area contributed by atoms with Crippen LogP contribution >= 0.6 is 0 Å². The standard InChI is InChI=1S/C25H32N2O4/c1-3-23(28)19-11-13-20(14-12-19)31-18-25(29)26-17-22(27-15-7-4-8-16-27)21-9-5-6-10-24(21)30-2/h5-6,9-14,22H,3-4,7-8,15-18H2,1-2H3,(H,26,29). The maximum Gasteiger partial charge on any atom is 0.258 e. The zero-order valence-corrected chi connectivity index (χ0v) is 18.4. The number of para-hydroxylation sites is 1. The van der Waals surface area contributed by atoms with Crippen LogP contribution in [0.1, 0.15) is 54.6 Å². The van der Waals surface area contributed by atoms with Crippen molar-refractivity contribution >= 4 is 11.7 Å². The topological polar surface area (TPSA) is 67.9 Å². The van der Waals surface area contributed by atoms with E-state index in [0.717, 1.165) is 24.4 Å². The van der Waals surface area contributed by atoms with Crippen LogP contribution in [-0.2, 0) is 4.79 Å². The van der Waals surface area contributed by atoms with Crippen LogP contribution < -0.4 is 14.8 Å². The molecule has 6 heteroatoms. The molecule has 1 fully saturated rings. The third-order valence-electron chi connectivity index (χ3n) is 5.69. The molecular weight excluding hydrogens is 392 g/mol.